The summed E-state index contributed by atoms with van der Waals surface area (Å²) in [6.45, 7) is 10.7. The Morgan fingerprint density at radius 1 is 0.775 bits per heavy atom. The van der Waals surface area contributed by atoms with E-state index in [9.17, 15) is 4.79 Å². The maximum atomic E-state index is 12.3. The van der Waals surface area contributed by atoms with E-state index in [2.05, 4.69) is 155 Å². The van der Waals surface area contributed by atoms with Gasteiger partial charge in [0, 0.05) is 6.42 Å². The third kappa shape index (κ3) is 6.78. The molecule has 40 heavy (non-hydrogen) atoms. The lowest BCUT2D eigenvalue weighted by Crippen LogP contribution is -2.33. The van der Waals surface area contributed by atoms with Crippen molar-refractivity contribution < 1.29 is 4.79 Å². The molecule has 204 valence electrons. The van der Waals surface area contributed by atoms with Gasteiger partial charge in [-0.2, -0.15) is 0 Å². The van der Waals surface area contributed by atoms with Crippen LogP contribution in [0.3, 0.4) is 0 Å². The molecule has 0 saturated carbocycles. The highest BCUT2D eigenvalue weighted by atomic mass is 31.2. The van der Waals surface area contributed by atoms with E-state index in [0.29, 0.717) is 6.42 Å². The molecule has 0 atom stereocenters. The second-order valence-electron chi connectivity index (χ2n) is 11.4. The summed E-state index contributed by atoms with van der Waals surface area (Å²) in [5.74, 6) is 0.279. The molecule has 0 aliphatic heterocycles. The summed E-state index contributed by atoms with van der Waals surface area (Å²) in [7, 11) is -1.88. The van der Waals surface area contributed by atoms with Crippen molar-refractivity contribution in [3.63, 3.8) is 0 Å². The van der Waals surface area contributed by atoms with Crippen LogP contribution in [0.1, 0.15) is 47.5 Å². The number of carbonyl (C=O) groups is 1. The Kier molecular flexibility index (Phi) is 9.72. The van der Waals surface area contributed by atoms with Gasteiger partial charge in [-0.15, -0.1) is 0 Å². The molecule has 0 radical (unpaired) electrons. The van der Waals surface area contributed by atoms with E-state index >= 15 is 0 Å². The van der Waals surface area contributed by atoms with Crippen LogP contribution in [0.5, 0.6) is 0 Å². The molecule has 0 spiro atoms. The van der Waals surface area contributed by atoms with Crippen molar-refractivity contribution in [3.8, 4) is 0 Å². The Labute approximate surface area is 242 Å². The highest BCUT2D eigenvalue weighted by Gasteiger charge is 2.44. The third-order valence-electron chi connectivity index (χ3n) is 8.04. The summed E-state index contributed by atoms with van der Waals surface area (Å²) in [6, 6.07) is 33.1. The van der Waals surface area contributed by atoms with Crippen molar-refractivity contribution in [1.29, 1.82) is 0 Å². The van der Waals surface area contributed by atoms with Gasteiger partial charge in [-0.25, -0.2) is 0 Å². The van der Waals surface area contributed by atoms with Crippen LogP contribution in [-0.2, 0) is 4.79 Å². The molecule has 0 bridgehead atoms. The standard InChI is InChI=1S/C38H42OP/c1-30(24-25-36-32(3)37(39)26-28-38(36,4)5)16-15-17-31(2)27-29-40(33-18-9-6-10-19-33,34-20-11-7-12-21-34)35-22-13-8-14-23-35/h6-25,27H,26,28-29H2,1-5H3/q+1. The summed E-state index contributed by atoms with van der Waals surface area (Å²) >= 11 is 0. The molecule has 1 nitrogen and oxygen atoms in total. The predicted molar refractivity (Wildman–Crippen MR) is 177 cm³/mol. The van der Waals surface area contributed by atoms with E-state index in [1.807, 2.05) is 6.92 Å². The van der Waals surface area contributed by atoms with Crippen molar-refractivity contribution in [3.05, 3.63) is 150 Å². The minimum absolute atomic E-state index is 0.0375. The maximum Gasteiger partial charge on any atom is 0.158 e. The quantitative estimate of drug-likeness (QED) is 0.194. The first-order chi connectivity index (χ1) is 19.2. The Morgan fingerprint density at radius 3 is 1.77 bits per heavy atom. The molecule has 1 aliphatic carbocycles. The van der Waals surface area contributed by atoms with Crippen LogP contribution in [-0.4, -0.2) is 11.9 Å². The first kappa shape index (κ1) is 29.4. The van der Waals surface area contributed by atoms with E-state index in [1.54, 1.807) is 0 Å². The molecular formula is C38H42OP+. The average Bonchev–Trinajstić information content (AvgIpc) is 2.97. The highest BCUT2D eigenvalue weighted by molar-refractivity contribution is 7.95. The normalized spacial score (nSPS) is 16.8. The Balaban J connectivity index is 1.61. The summed E-state index contributed by atoms with van der Waals surface area (Å²) in [5.41, 5.74) is 4.53. The van der Waals surface area contributed by atoms with Crippen LogP contribution in [0.25, 0.3) is 0 Å². The third-order valence-corrected chi connectivity index (χ3v) is 12.3. The zero-order valence-electron chi connectivity index (χ0n) is 24.6. The van der Waals surface area contributed by atoms with Crippen LogP contribution in [0.15, 0.2) is 150 Å². The van der Waals surface area contributed by atoms with Crippen molar-refractivity contribution in [2.24, 2.45) is 5.41 Å². The number of Topliss-reactive ketones (excluding diaryl/α,β-unsaturated/α-hetero) is 1. The molecule has 1 aliphatic rings. The van der Waals surface area contributed by atoms with Crippen molar-refractivity contribution in [2.45, 2.75) is 47.5 Å². The minimum atomic E-state index is -1.88. The molecule has 0 fully saturated rings. The molecular weight excluding hydrogens is 503 g/mol. The van der Waals surface area contributed by atoms with E-state index in [4.69, 9.17) is 0 Å². The largest absolute Gasteiger partial charge is 0.295 e. The molecule has 0 unspecified atom stereocenters. The number of carbonyl (C=O) groups excluding carboxylic acids is 1. The first-order valence-electron chi connectivity index (χ1n) is 14.2. The smallest absolute Gasteiger partial charge is 0.158 e. The number of rotatable bonds is 9. The van der Waals surface area contributed by atoms with Gasteiger partial charge in [0.1, 0.15) is 23.2 Å². The Morgan fingerprint density at radius 2 is 1.27 bits per heavy atom. The fourth-order valence-corrected chi connectivity index (χ4v) is 9.67. The fourth-order valence-electron chi connectivity index (χ4n) is 5.54. The lowest BCUT2D eigenvalue weighted by atomic mass is 9.72. The molecule has 3 aromatic carbocycles. The van der Waals surface area contributed by atoms with Gasteiger partial charge < -0.3 is 0 Å². The van der Waals surface area contributed by atoms with Gasteiger partial charge in [-0.1, -0.05) is 110 Å². The van der Waals surface area contributed by atoms with Gasteiger partial charge in [0.05, 0.1) is 6.16 Å². The topological polar surface area (TPSA) is 17.1 Å². The molecule has 4 rings (SSSR count). The molecule has 0 amide bonds. The lowest BCUT2D eigenvalue weighted by Gasteiger charge is -2.32. The lowest BCUT2D eigenvalue weighted by molar-refractivity contribution is -0.116. The average molecular weight is 546 g/mol. The highest BCUT2D eigenvalue weighted by Crippen LogP contribution is 2.55. The summed E-state index contributed by atoms with van der Waals surface area (Å²) < 4.78 is 0. The number of ketones is 1. The van der Waals surface area contributed by atoms with Crippen LogP contribution in [0, 0.1) is 5.41 Å². The summed E-state index contributed by atoms with van der Waals surface area (Å²) in [5, 5.41) is 4.19. The van der Waals surface area contributed by atoms with Crippen LogP contribution in [0.2, 0.25) is 0 Å². The van der Waals surface area contributed by atoms with Crippen molar-refractivity contribution >= 4 is 29.0 Å². The van der Waals surface area contributed by atoms with Crippen molar-refractivity contribution in [1.82, 2.24) is 0 Å². The maximum absolute atomic E-state index is 12.3. The zero-order valence-corrected chi connectivity index (χ0v) is 25.5. The number of benzene rings is 3. The predicted octanol–water partition coefficient (Wildman–Crippen LogP) is 8.69. The number of hydrogen-bond acceptors (Lipinski definition) is 1. The van der Waals surface area contributed by atoms with E-state index in [-0.39, 0.29) is 11.2 Å². The van der Waals surface area contributed by atoms with E-state index < -0.39 is 7.26 Å². The van der Waals surface area contributed by atoms with E-state index in [0.717, 1.165) is 23.7 Å². The monoisotopic (exact) mass is 545 g/mol. The minimum Gasteiger partial charge on any atom is -0.295 e. The van der Waals surface area contributed by atoms with Crippen LogP contribution >= 0.6 is 7.26 Å². The summed E-state index contributed by atoms with van der Waals surface area (Å²) in [6.07, 6.45) is 15.7. The molecule has 0 heterocycles. The van der Waals surface area contributed by atoms with Crippen LogP contribution in [0.4, 0.5) is 0 Å². The molecule has 0 saturated heterocycles. The van der Waals surface area contributed by atoms with Gasteiger partial charge in [-0.3, -0.25) is 4.79 Å². The molecule has 0 N–H and O–H groups in total. The second kappa shape index (κ2) is 13.2. The number of hydrogen-bond donors (Lipinski definition) is 0. The van der Waals surface area contributed by atoms with Gasteiger partial charge in [0.15, 0.2) is 5.78 Å². The van der Waals surface area contributed by atoms with Crippen molar-refractivity contribution in [2.75, 3.05) is 6.16 Å². The SMILES string of the molecule is CC(C=CC1=C(C)C(=O)CCC1(C)C)=CC=CC(C)=CC[P+](c1ccccc1)(c1ccccc1)c1ccccc1. The zero-order chi connectivity index (χ0) is 28.6. The molecule has 2 heteroatoms. The van der Waals surface area contributed by atoms with Gasteiger partial charge in [0.2, 0.25) is 0 Å². The molecule has 3 aromatic rings. The number of allylic oxidation sites excluding steroid dienone is 10. The Bertz CT molecular complexity index is 1350. The fraction of sp³-hybridized carbons (Fsp3) is 0.237. The van der Waals surface area contributed by atoms with E-state index in [1.165, 1.54) is 27.1 Å². The second-order valence-corrected chi connectivity index (χ2v) is 14.9. The van der Waals surface area contributed by atoms with Gasteiger partial charge in [-0.05, 0) is 86.2 Å². The van der Waals surface area contributed by atoms with Gasteiger partial charge in [0.25, 0.3) is 0 Å². The summed E-state index contributed by atoms with van der Waals surface area (Å²) in [4.78, 5) is 12.3. The Hall–Kier alpha value is -3.54. The van der Waals surface area contributed by atoms with Gasteiger partial charge >= 0.3 is 0 Å². The molecule has 0 aromatic heterocycles. The van der Waals surface area contributed by atoms with Crippen LogP contribution < -0.4 is 15.9 Å². The first-order valence-corrected chi connectivity index (χ1v) is 16.2.